The van der Waals surface area contributed by atoms with Gasteiger partial charge in [-0.25, -0.2) is 13.1 Å². The standard InChI is InChI=1S/C12H19N3O3S/c1-12(6-8-18-9-7-12)15-19(16,17)11-4-2-10(14-13)3-5-11/h2-5,14-15H,6-9,13H2,1H3. The molecular weight excluding hydrogens is 266 g/mol. The van der Waals surface area contributed by atoms with Crippen LogP contribution in [-0.4, -0.2) is 27.2 Å². The van der Waals surface area contributed by atoms with Gasteiger partial charge in [0.1, 0.15) is 0 Å². The molecule has 1 heterocycles. The molecule has 1 saturated heterocycles. The van der Waals surface area contributed by atoms with Crippen LogP contribution in [0.1, 0.15) is 19.8 Å². The van der Waals surface area contributed by atoms with Crippen LogP contribution in [0.15, 0.2) is 29.2 Å². The van der Waals surface area contributed by atoms with Crippen LogP contribution in [0, 0.1) is 0 Å². The molecule has 0 aliphatic carbocycles. The van der Waals surface area contributed by atoms with E-state index in [1.165, 1.54) is 12.1 Å². The van der Waals surface area contributed by atoms with Gasteiger partial charge in [-0.1, -0.05) is 0 Å². The second kappa shape index (κ2) is 5.46. The Morgan fingerprint density at radius 1 is 1.21 bits per heavy atom. The highest BCUT2D eigenvalue weighted by Gasteiger charge is 2.32. The van der Waals surface area contributed by atoms with E-state index in [0.717, 1.165) is 0 Å². The first-order valence-corrected chi connectivity index (χ1v) is 7.62. The van der Waals surface area contributed by atoms with Gasteiger partial charge < -0.3 is 10.2 Å². The van der Waals surface area contributed by atoms with Crippen LogP contribution in [0.5, 0.6) is 0 Å². The van der Waals surface area contributed by atoms with Crippen LogP contribution in [0.3, 0.4) is 0 Å². The topological polar surface area (TPSA) is 93.5 Å². The lowest BCUT2D eigenvalue weighted by Crippen LogP contribution is -2.49. The van der Waals surface area contributed by atoms with E-state index < -0.39 is 15.6 Å². The number of hydrogen-bond acceptors (Lipinski definition) is 5. The number of nitrogens with two attached hydrogens (primary N) is 1. The van der Waals surface area contributed by atoms with Crippen molar-refractivity contribution in [3.05, 3.63) is 24.3 Å². The fourth-order valence-corrected chi connectivity index (χ4v) is 3.50. The van der Waals surface area contributed by atoms with Crippen molar-refractivity contribution in [1.82, 2.24) is 4.72 Å². The van der Waals surface area contributed by atoms with Crippen LogP contribution in [0.2, 0.25) is 0 Å². The number of anilines is 1. The first-order chi connectivity index (χ1) is 8.95. The lowest BCUT2D eigenvalue weighted by Gasteiger charge is -2.34. The molecule has 0 unspecified atom stereocenters. The zero-order chi connectivity index (χ0) is 13.9. The number of ether oxygens (including phenoxy) is 1. The molecule has 0 saturated carbocycles. The summed E-state index contributed by atoms with van der Waals surface area (Å²) in [4.78, 5) is 0.235. The molecule has 0 bridgehead atoms. The van der Waals surface area contributed by atoms with Gasteiger partial charge in [0.25, 0.3) is 0 Å². The van der Waals surface area contributed by atoms with Gasteiger partial charge in [-0.15, -0.1) is 0 Å². The number of rotatable bonds is 4. The molecule has 0 aromatic heterocycles. The van der Waals surface area contributed by atoms with E-state index in [-0.39, 0.29) is 4.90 Å². The Morgan fingerprint density at radius 2 is 1.79 bits per heavy atom. The molecule has 0 atom stereocenters. The first-order valence-electron chi connectivity index (χ1n) is 6.14. The zero-order valence-corrected chi connectivity index (χ0v) is 11.7. The first kappa shape index (κ1) is 14.3. The molecule has 2 rings (SSSR count). The predicted molar refractivity (Wildman–Crippen MR) is 73.0 cm³/mol. The Morgan fingerprint density at radius 3 is 2.32 bits per heavy atom. The van der Waals surface area contributed by atoms with Gasteiger partial charge in [-0.05, 0) is 44.0 Å². The highest BCUT2D eigenvalue weighted by molar-refractivity contribution is 7.89. The Hall–Kier alpha value is -1.15. The van der Waals surface area contributed by atoms with Gasteiger partial charge in [-0.3, -0.25) is 5.84 Å². The van der Waals surface area contributed by atoms with E-state index >= 15 is 0 Å². The van der Waals surface area contributed by atoms with E-state index in [0.29, 0.717) is 31.7 Å². The summed E-state index contributed by atoms with van der Waals surface area (Å²) in [5.74, 6) is 5.25. The van der Waals surface area contributed by atoms with E-state index in [4.69, 9.17) is 10.6 Å². The fourth-order valence-electron chi connectivity index (χ4n) is 2.04. The minimum Gasteiger partial charge on any atom is -0.381 e. The van der Waals surface area contributed by atoms with Gasteiger partial charge in [0.15, 0.2) is 0 Å². The summed E-state index contributed by atoms with van der Waals surface area (Å²) in [6, 6.07) is 6.31. The van der Waals surface area contributed by atoms with Crippen molar-refractivity contribution in [2.24, 2.45) is 5.84 Å². The lowest BCUT2D eigenvalue weighted by molar-refractivity contribution is 0.0537. The number of hydrogen-bond donors (Lipinski definition) is 3. The summed E-state index contributed by atoms with van der Waals surface area (Å²) in [6.07, 6.45) is 1.35. The van der Waals surface area contributed by atoms with Crippen molar-refractivity contribution in [3.63, 3.8) is 0 Å². The van der Waals surface area contributed by atoms with Crippen LogP contribution in [0.4, 0.5) is 5.69 Å². The lowest BCUT2D eigenvalue weighted by atomic mass is 9.94. The molecule has 4 N–H and O–H groups in total. The van der Waals surface area contributed by atoms with Crippen LogP contribution >= 0.6 is 0 Å². The quantitative estimate of drug-likeness (QED) is 0.562. The van der Waals surface area contributed by atoms with Crippen LogP contribution < -0.4 is 16.0 Å². The zero-order valence-electron chi connectivity index (χ0n) is 10.8. The molecule has 1 aliphatic rings. The number of benzene rings is 1. The van der Waals surface area contributed by atoms with Crippen molar-refractivity contribution in [2.75, 3.05) is 18.6 Å². The molecule has 0 amide bonds. The minimum atomic E-state index is -3.52. The molecule has 0 spiro atoms. The SMILES string of the molecule is CC1(NS(=O)(=O)c2ccc(NN)cc2)CCOCC1. The van der Waals surface area contributed by atoms with Crippen LogP contribution in [-0.2, 0) is 14.8 Å². The number of nitrogens with one attached hydrogen (secondary N) is 2. The predicted octanol–water partition coefficient (Wildman–Crippen LogP) is 0.820. The van der Waals surface area contributed by atoms with Gasteiger partial charge in [0, 0.05) is 24.4 Å². The molecule has 106 valence electrons. The monoisotopic (exact) mass is 285 g/mol. The molecule has 1 fully saturated rings. The van der Waals surface area contributed by atoms with Crippen molar-refractivity contribution in [2.45, 2.75) is 30.2 Å². The Balaban J connectivity index is 2.17. The van der Waals surface area contributed by atoms with E-state index in [1.54, 1.807) is 12.1 Å². The van der Waals surface area contributed by atoms with E-state index in [9.17, 15) is 8.42 Å². The molecule has 1 aliphatic heterocycles. The largest absolute Gasteiger partial charge is 0.381 e. The Kier molecular flexibility index (Phi) is 4.10. The molecule has 1 aromatic rings. The van der Waals surface area contributed by atoms with Crippen molar-refractivity contribution >= 4 is 15.7 Å². The average Bonchev–Trinajstić information content (AvgIpc) is 2.38. The van der Waals surface area contributed by atoms with Gasteiger partial charge in [0.2, 0.25) is 10.0 Å². The molecule has 1 aromatic carbocycles. The smallest absolute Gasteiger partial charge is 0.241 e. The average molecular weight is 285 g/mol. The maximum Gasteiger partial charge on any atom is 0.241 e. The summed E-state index contributed by atoms with van der Waals surface area (Å²) in [7, 11) is -3.52. The Labute approximate surface area is 113 Å². The summed E-state index contributed by atoms with van der Waals surface area (Å²) in [5, 5.41) is 0. The fraction of sp³-hybridized carbons (Fsp3) is 0.500. The van der Waals surface area contributed by atoms with E-state index in [1.807, 2.05) is 6.92 Å². The second-order valence-corrected chi connectivity index (χ2v) is 6.63. The normalized spacial score (nSPS) is 19.1. The second-order valence-electron chi connectivity index (χ2n) is 4.95. The number of sulfonamides is 1. The molecule has 6 nitrogen and oxygen atoms in total. The van der Waals surface area contributed by atoms with Crippen molar-refractivity contribution in [3.8, 4) is 0 Å². The number of nitrogen functional groups attached to an aromatic ring is 1. The van der Waals surface area contributed by atoms with Gasteiger partial charge in [0.05, 0.1) is 4.90 Å². The maximum absolute atomic E-state index is 12.3. The minimum absolute atomic E-state index is 0.235. The number of hydrazine groups is 1. The van der Waals surface area contributed by atoms with Crippen molar-refractivity contribution < 1.29 is 13.2 Å². The van der Waals surface area contributed by atoms with Crippen LogP contribution in [0.25, 0.3) is 0 Å². The third-order valence-electron chi connectivity index (χ3n) is 3.31. The third kappa shape index (κ3) is 3.44. The highest BCUT2D eigenvalue weighted by Crippen LogP contribution is 2.23. The Bertz CT molecular complexity index is 522. The van der Waals surface area contributed by atoms with E-state index in [2.05, 4.69) is 10.1 Å². The third-order valence-corrected chi connectivity index (χ3v) is 4.96. The summed E-state index contributed by atoms with van der Waals surface area (Å²) in [6.45, 7) is 3.06. The van der Waals surface area contributed by atoms with Crippen molar-refractivity contribution in [1.29, 1.82) is 0 Å². The molecular formula is C12H19N3O3S. The summed E-state index contributed by atoms with van der Waals surface area (Å²) in [5.41, 5.74) is 2.68. The maximum atomic E-state index is 12.3. The molecule has 0 radical (unpaired) electrons. The molecule has 19 heavy (non-hydrogen) atoms. The molecule has 7 heteroatoms. The summed E-state index contributed by atoms with van der Waals surface area (Å²) < 4.78 is 32.6. The highest BCUT2D eigenvalue weighted by atomic mass is 32.2. The van der Waals surface area contributed by atoms with Gasteiger partial charge in [-0.2, -0.15) is 0 Å². The summed E-state index contributed by atoms with van der Waals surface area (Å²) >= 11 is 0. The van der Waals surface area contributed by atoms with Gasteiger partial charge >= 0.3 is 0 Å².